The van der Waals surface area contributed by atoms with E-state index in [0.717, 1.165) is 0 Å². The lowest BCUT2D eigenvalue weighted by molar-refractivity contribution is -0.376. The van der Waals surface area contributed by atoms with Crippen LogP contribution in [0.3, 0.4) is 0 Å². The normalized spacial score (nSPS) is 33.7. The van der Waals surface area contributed by atoms with Crippen LogP contribution in [0.1, 0.15) is 20.7 Å². The Morgan fingerprint density at radius 3 is 1.23 bits per heavy atom. The highest BCUT2D eigenvalue weighted by Crippen LogP contribution is 2.35. The summed E-state index contributed by atoms with van der Waals surface area (Å²) in [6.07, 6.45) is -4.69. The maximum atomic E-state index is 12.5. The number of carbonyl (C=O) groups excluding carboxylic acids is 2. The molecule has 40 heavy (non-hydrogen) atoms. The first-order valence-corrected chi connectivity index (χ1v) is 13.1. The van der Waals surface area contributed by atoms with Gasteiger partial charge in [-0.05, 0) is 24.3 Å². The molecule has 12 nitrogen and oxygen atoms in total. The molecule has 2 unspecified atom stereocenters. The lowest BCUT2D eigenvalue weighted by atomic mass is 9.90. The van der Waals surface area contributed by atoms with E-state index >= 15 is 0 Å². The molecule has 0 bridgehead atoms. The fraction of sp³-hybridized carbons (Fsp3) is 0.500. The Balaban J connectivity index is 1.09. The zero-order chi connectivity index (χ0) is 27.3. The molecule has 4 aliphatic heterocycles. The van der Waals surface area contributed by atoms with Crippen molar-refractivity contribution in [3.05, 3.63) is 71.8 Å². The van der Waals surface area contributed by atoms with Crippen molar-refractivity contribution < 1.29 is 57.0 Å². The Bertz CT molecular complexity index is 1040. The van der Waals surface area contributed by atoms with Gasteiger partial charge in [-0.15, -0.1) is 0 Å². The van der Waals surface area contributed by atoms with Gasteiger partial charge in [0.05, 0.1) is 11.1 Å². The molecule has 4 fully saturated rings. The van der Waals surface area contributed by atoms with Crippen molar-refractivity contribution >= 4 is 11.9 Å². The molecule has 6 rings (SSSR count). The number of ether oxygens (including phenoxy) is 10. The summed E-state index contributed by atoms with van der Waals surface area (Å²) in [7, 11) is 0. The van der Waals surface area contributed by atoms with E-state index in [1.807, 2.05) is 12.1 Å². The minimum atomic E-state index is -0.600. The molecule has 4 heterocycles. The van der Waals surface area contributed by atoms with Gasteiger partial charge in [0.15, 0.2) is 0 Å². The van der Waals surface area contributed by atoms with E-state index in [-0.39, 0.29) is 40.4 Å². The topological polar surface area (TPSA) is 126 Å². The molecule has 8 atom stereocenters. The predicted octanol–water partition coefficient (Wildman–Crippen LogP) is 1.67. The highest BCUT2D eigenvalue weighted by atomic mass is 16.8. The Morgan fingerprint density at radius 2 is 0.825 bits per heavy atom. The molecular formula is C28H30O12. The minimum absolute atomic E-state index is 0.0230. The van der Waals surface area contributed by atoms with Crippen molar-refractivity contribution in [2.75, 3.05) is 40.4 Å². The first-order chi connectivity index (χ1) is 19.7. The van der Waals surface area contributed by atoms with E-state index in [9.17, 15) is 9.59 Å². The van der Waals surface area contributed by atoms with E-state index in [0.29, 0.717) is 11.1 Å². The van der Waals surface area contributed by atoms with Crippen molar-refractivity contribution in [3.8, 4) is 0 Å². The third-order valence-electron chi connectivity index (χ3n) is 7.26. The van der Waals surface area contributed by atoms with Crippen molar-refractivity contribution in [2.45, 2.75) is 48.8 Å². The van der Waals surface area contributed by atoms with Crippen LogP contribution in [0.25, 0.3) is 0 Å². The molecule has 12 heteroatoms. The van der Waals surface area contributed by atoms with Gasteiger partial charge >= 0.3 is 11.9 Å². The Labute approximate surface area is 230 Å². The Hall–Kier alpha value is -2.94. The number of fused-ring (bicyclic) bond motifs is 2. The van der Waals surface area contributed by atoms with Crippen molar-refractivity contribution in [1.82, 2.24) is 0 Å². The number of hydrogen-bond donors (Lipinski definition) is 0. The Kier molecular flexibility index (Phi) is 8.65. The molecule has 4 saturated heterocycles. The van der Waals surface area contributed by atoms with Gasteiger partial charge in [0, 0.05) is 0 Å². The second-order valence-electron chi connectivity index (χ2n) is 9.60. The average Bonchev–Trinajstić information content (AvgIpc) is 3.02. The summed E-state index contributed by atoms with van der Waals surface area (Å²) >= 11 is 0. The zero-order valence-corrected chi connectivity index (χ0v) is 21.5. The maximum Gasteiger partial charge on any atom is 0.338 e. The van der Waals surface area contributed by atoms with Gasteiger partial charge in [-0.25, -0.2) is 9.59 Å². The SMILES string of the molecule is O=C(OC[C@H]1OCO[C@@H]2C(C3OCO[C@H]4[C@@H]3OCO[C@@H]4COC(=O)c3ccccc3)OCO[C@@H]21)c1ccccc1. The second kappa shape index (κ2) is 12.7. The second-order valence-corrected chi connectivity index (χ2v) is 9.60. The van der Waals surface area contributed by atoms with Gasteiger partial charge in [0.1, 0.15) is 89.2 Å². The molecular weight excluding hydrogens is 528 g/mol. The van der Waals surface area contributed by atoms with Crippen LogP contribution in [-0.4, -0.2) is 101 Å². The number of rotatable bonds is 7. The van der Waals surface area contributed by atoms with E-state index in [1.165, 1.54) is 0 Å². The van der Waals surface area contributed by atoms with Crippen molar-refractivity contribution in [3.63, 3.8) is 0 Å². The van der Waals surface area contributed by atoms with Gasteiger partial charge in [-0.2, -0.15) is 0 Å². The van der Waals surface area contributed by atoms with Crippen LogP contribution in [0, 0.1) is 0 Å². The molecule has 0 amide bonds. The summed E-state index contributed by atoms with van der Waals surface area (Å²) in [6.45, 7) is -0.229. The summed E-state index contributed by atoms with van der Waals surface area (Å²) < 4.78 is 57.9. The van der Waals surface area contributed by atoms with Crippen LogP contribution in [0.5, 0.6) is 0 Å². The molecule has 0 radical (unpaired) electrons. The van der Waals surface area contributed by atoms with Gasteiger partial charge in [0.2, 0.25) is 0 Å². The fourth-order valence-corrected chi connectivity index (χ4v) is 5.24. The van der Waals surface area contributed by atoms with Crippen LogP contribution in [-0.2, 0) is 47.4 Å². The number of benzene rings is 2. The zero-order valence-electron chi connectivity index (χ0n) is 21.5. The lowest BCUT2D eigenvalue weighted by Gasteiger charge is -2.50. The summed E-state index contributed by atoms with van der Waals surface area (Å²) in [4.78, 5) is 24.9. The quantitative estimate of drug-likeness (QED) is 0.459. The van der Waals surface area contributed by atoms with E-state index < -0.39 is 60.8 Å². The predicted molar refractivity (Wildman–Crippen MR) is 132 cm³/mol. The van der Waals surface area contributed by atoms with Crippen molar-refractivity contribution in [1.29, 1.82) is 0 Å². The minimum Gasteiger partial charge on any atom is -0.459 e. The molecule has 0 saturated carbocycles. The monoisotopic (exact) mass is 558 g/mol. The summed E-state index contributed by atoms with van der Waals surface area (Å²) in [5, 5.41) is 0. The van der Waals surface area contributed by atoms with Gasteiger partial charge in [-0.1, -0.05) is 36.4 Å². The van der Waals surface area contributed by atoms with Crippen LogP contribution < -0.4 is 0 Å². The fourth-order valence-electron chi connectivity index (χ4n) is 5.24. The van der Waals surface area contributed by atoms with E-state index in [4.69, 9.17) is 47.4 Å². The van der Waals surface area contributed by atoms with E-state index in [2.05, 4.69) is 0 Å². The number of carbonyl (C=O) groups is 2. The molecule has 0 aliphatic carbocycles. The summed E-state index contributed by atoms with van der Waals surface area (Å²) in [5.41, 5.74) is 0.887. The first-order valence-electron chi connectivity index (χ1n) is 13.1. The maximum absolute atomic E-state index is 12.5. The van der Waals surface area contributed by atoms with Gasteiger partial charge in [-0.3, -0.25) is 0 Å². The van der Waals surface area contributed by atoms with Gasteiger partial charge < -0.3 is 47.4 Å². The smallest absolute Gasteiger partial charge is 0.338 e. The number of hydrogen-bond acceptors (Lipinski definition) is 12. The third-order valence-corrected chi connectivity index (χ3v) is 7.26. The molecule has 4 aliphatic rings. The highest BCUT2D eigenvalue weighted by molar-refractivity contribution is 5.89. The van der Waals surface area contributed by atoms with Gasteiger partial charge in [0.25, 0.3) is 0 Å². The standard InChI is InChI=1S/C28H30O12/c29-27(17-7-3-1-4-8-17)31-11-19-21-23(37-13-33-19)25(39-15-35-21)26-24-22(36-16-40-26)20(34-14-38-24)12-32-28(30)18-9-5-2-6-10-18/h1-10,19-26H,11-16H2/t19-,20-,21-,22-,23+,24+,25?,26?/m1/s1. The molecule has 0 N–H and O–H groups in total. The number of esters is 2. The molecule has 0 spiro atoms. The summed E-state index contributed by atoms with van der Waals surface area (Å²) in [5.74, 6) is -0.915. The third kappa shape index (κ3) is 5.90. The molecule has 2 aromatic carbocycles. The van der Waals surface area contributed by atoms with Crippen LogP contribution in [0.2, 0.25) is 0 Å². The van der Waals surface area contributed by atoms with E-state index in [1.54, 1.807) is 48.5 Å². The molecule has 0 aromatic heterocycles. The molecule has 2 aromatic rings. The van der Waals surface area contributed by atoms with Crippen molar-refractivity contribution in [2.24, 2.45) is 0 Å². The van der Waals surface area contributed by atoms with Crippen LogP contribution >= 0.6 is 0 Å². The lowest BCUT2D eigenvalue weighted by Crippen LogP contribution is -2.67. The van der Waals surface area contributed by atoms with Crippen LogP contribution in [0.15, 0.2) is 60.7 Å². The van der Waals surface area contributed by atoms with Crippen LogP contribution in [0.4, 0.5) is 0 Å². The Morgan fingerprint density at radius 1 is 0.500 bits per heavy atom. The molecule has 214 valence electrons. The summed E-state index contributed by atoms with van der Waals surface area (Å²) in [6, 6.07) is 17.4. The average molecular weight is 559 g/mol. The first kappa shape index (κ1) is 27.2. The highest BCUT2D eigenvalue weighted by Gasteiger charge is 2.54. The largest absolute Gasteiger partial charge is 0.459 e.